The van der Waals surface area contributed by atoms with Gasteiger partial charge >= 0.3 is 5.97 Å². The number of ether oxygens (including phenoxy) is 1. The SMILES string of the molecule is NC(=S)c1ccc(OC(=O)c2cccc(N)c2O)cc1. The molecule has 5 nitrogen and oxygen atoms in total. The van der Waals surface area contributed by atoms with Gasteiger partial charge in [-0.25, -0.2) is 4.79 Å². The van der Waals surface area contributed by atoms with Crippen molar-refractivity contribution in [2.45, 2.75) is 0 Å². The van der Waals surface area contributed by atoms with Crippen LogP contribution in [-0.4, -0.2) is 16.1 Å². The van der Waals surface area contributed by atoms with Gasteiger partial charge in [0.1, 0.15) is 16.3 Å². The summed E-state index contributed by atoms with van der Waals surface area (Å²) in [6.45, 7) is 0. The fourth-order valence-electron chi connectivity index (χ4n) is 1.58. The van der Waals surface area contributed by atoms with Crippen LogP contribution < -0.4 is 16.2 Å². The fourth-order valence-corrected chi connectivity index (χ4v) is 1.71. The number of para-hydroxylation sites is 1. The van der Waals surface area contributed by atoms with E-state index < -0.39 is 5.97 Å². The lowest BCUT2D eigenvalue weighted by molar-refractivity contribution is 0.0732. The molecule has 0 amide bonds. The number of phenols is 1. The summed E-state index contributed by atoms with van der Waals surface area (Å²) in [6, 6.07) is 10.9. The van der Waals surface area contributed by atoms with Crippen LogP contribution in [0.1, 0.15) is 15.9 Å². The Bertz CT molecular complexity index is 669. The molecular formula is C14H12N2O3S. The minimum absolute atomic E-state index is 0.00317. The third-order valence-corrected chi connectivity index (χ3v) is 2.87. The van der Waals surface area contributed by atoms with E-state index in [0.29, 0.717) is 11.3 Å². The first-order valence-corrected chi connectivity index (χ1v) is 6.09. The first-order valence-electron chi connectivity index (χ1n) is 5.68. The summed E-state index contributed by atoms with van der Waals surface area (Å²) in [7, 11) is 0. The maximum Gasteiger partial charge on any atom is 0.347 e. The summed E-state index contributed by atoms with van der Waals surface area (Å²) in [5.74, 6) is -0.674. The predicted octanol–water partition coefficient (Wildman–Crippen LogP) is 1.83. The van der Waals surface area contributed by atoms with E-state index in [1.807, 2.05) is 0 Å². The van der Waals surface area contributed by atoms with Gasteiger partial charge in [-0.05, 0) is 36.4 Å². The summed E-state index contributed by atoms with van der Waals surface area (Å²) >= 11 is 4.82. The Morgan fingerprint density at radius 1 is 1.15 bits per heavy atom. The zero-order valence-corrected chi connectivity index (χ0v) is 11.2. The molecule has 0 aromatic heterocycles. The maximum absolute atomic E-state index is 11.9. The standard InChI is InChI=1S/C14H12N2O3S/c15-11-3-1-2-10(12(11)17)14(18)19-9-6-4-8(5-7-9)13(16)20/h1-7,17H,15H2,(H2,16,20). The lowest BCUT2D eigenvalue weighted by Gasteiger charge is -2.07. The summed E-state index contributed by atoms with van der Waals surface area (Å²) < 4.78 is 5.13. The van der Waals surface area contributed by atoms with Gasteiger partial charge in [0.05, 0.1) is 5.69 Å². The normalized spacial score (nSPS) is 10.0. The Kier molecular flexibility index (Phi) is 3.86. The number of anilines is 1. The molecule has 0 saturated carbocycles. The number of rotatable bonds is 3. The van der Waals surface area contributed by atoms with Crippen LogP contribution in [0, 0.1) is 0 Å². The highest BCUT2D eigenvalue weighted by Crippen LogP contribution is 2.25. The van der Waals surface area contributed by atoms with Crippen LogP contribution in [0.25, 0.3) is 0 Å². The number of thiocarbonyl (C=S) groups is 1. The maximum atomic E-state index is 11.9. The molecule has 0 bridgehead atoms. The topological polar surface area (TPSA) is 98.6 Å². The molecule has 0 heterocycles. The van der Waals surface area contributed by atoms with Gasteiger partial charge in [-0.1, -0.05) is 18.3 Å². The van der Waals surface area contributed by atoms with E-state index >= 15 is 0 Å². The minimum Gasteiger partial charge on any atom is -0.505 e. The molecule has 20 heavy (non-hydrogen) atoms. The van der Waals surface area contributed by atoms with Crippen molar-refractivity contribution in [2.75, 3.05) is 5.73 Å². The molecular weight excluding hydrogens is 276 g/mol. The van der Waals surface area contributed by atoms with Crippen LogP contribution in [0.4, 0.5) is 5.69 Å². The Balaban J connectivity index is 2.19. The molecule has 0 atom stereocenters. The molecule has 0 spiro atoms. The van der Waals surface area contributed by atoms with Gasteiger partial charge in [0, 0.05) is 5.56 Å². The molecule has 0 aliphatic carbocycles. The zero-order chi connectivity index (χ0) is 14.7. The van der Waals surface area contributed by atoms with Gasteiger partial charge in [0.2, 0.25) is 0 Å². The van der Waals surface area contributed by atoms with E-state index in [9.17, 15) is 9.90 Å². The third-order valence-electron chi connectivity index (χ3n) is 2.64. The van der Waals surface area contributed by atoms with Crippen LogP contribution in [0.2, 0.25) is 0 Å². The number of nitrogen functional groups attached to an aromatic ring is 1. The van der Waals surface area contributed by atoms with Crippen LogP contribution in [0.15, 0.2) is 42.5 Å². The number of hydrogen-bond acceptors (Lipinski definition) is 5. The van der Waals surface area contributed by atoms with Crippen LogP contribution in [0.5, 0.6) is 11.5 Å². The monoisotopic (exact) mass is 288 g/mol. The van der Waals surface area contributed by atoms with E-state index in [2.05, 4.69) is 0 Å². The molecule has 6 heteroatoms. The van der Waals surface area contributed by atoms with Crippen molar-refractivity contribution in [1.29, 1.82) is 0 Å². The van der Waals surface area contributed by atoms with Crippen LogP contribution in [0.3, 0.4) is 0 Å². The van der Waals surface area contributed by atoms with Crippen molar-refractivity contribution >= 4 is 28.9 Å². The highest BCUT2D eigenvalue weighted by Gasteiger charge is 2.15. The first kappa shape index (κ1) is 13.8. The van der Waals surface area contributed by atoms with Gasteiger partial charge < -0.3 is 21.3 Å². The highest BCUT2D eigenvalue weighted by molar-refractivity contribution is 7.80. The minimum atomic E-state index is -0.696. The second-order valence-corrected chi connectivity index (χ2v) is 4.46. The molecule has 0 fully saturated rings. The van der Waals surface area contributed by atoms with E-state index in [1.165, 1.54) is 12.1 Å². The summed E-state index contributed by atoms with van der Waals surface area (Å²) in [6.07, 6.45) is 0. The van der Waals surface area contributed by atoms with E-state index in [0.717, 1.165) is 0 Å². The van der Waals surface area contributed by atoms with Crippen molar-refractivity contribution in [1.82, 2.24) is 0 Å². The van der Waals surface area contributed by atoms with Gasteiger partial charge in [-0.3, -0.25) is 0 Å². The second kappa shape index (κ2) is 5.58. The van der Waals surface area contributed by atoms with Crippen LogP contribution in [-0.2, 0) is 0 Å². The Labute approximate surface area is 120 Å². The van der Waals surface area contributed by atoms with E-state index in [1.54, 1.807) is 30.3 Å². The van der Waals surface area contributed by atoms with E-state index in [4.69, 9.17) is 28.4 Å². The smallest absolute Gasteiger partial charge is 0.347 e. The number of nitrogens with two attached hydrogens (primary N) is 2. The number of hydrogen-bond donors (Lipinski definition) is 3. The average Bonchev–Trinajstić information content (AvgIpc) is 2.42. The Morgan fingerprint density at radius 2 is 1.80 bits per heavy atom. The van der Waals surface area contributed by atoms with Crippen molar-refractivity contribution in [3.8, 4) is 11.5 Å². The van der Waals surface area contributed by atoms with Crippen molar-refractivity contribution < 1.29 is 14.6 Å². The van der Waals surface area contributed by atoms with Gasteiger partial charge in [-0.2, -0.15) is 0 Å². The van der Waals surface area contributed by atoms with Crippen molar-refractivity contribution in [2.24, 2.45) is 5.73 Å². The van der Waals surface area contributed by atoms with Gasteiger partial charge in [-0.15, -0.1) is 0 Å². The second-order valence-electron chi connectivity index (χ2n) is 4.02. The number of phenolic OH excluding ortho intramolecular Hbond substituents is 1. The number of carbonyl (C=O) groups excluding carboxylic acids is 1. The summed E-state index contributed by atoms with van der Waals surface area (Å²) in [5.41, 5.74) is 11.8. The molecule has 5 N–H and O–H groups in total. The molecule has 0 unspecified atom stereocenters. The molecule has 0 radical (unpaired) electrons. The lowest BCUT2D eigenvalue weighted by Crippen LogP contribution is -2.11. The van der Waals surface area contributed by atoms with Crippen molar-refractivity contribution in [3.63, 3.8) is 0 Å². The average molecular weight is 288 g/mol. The number of aromatic hydroxyl groups is 1. The predicted molar refractivity (Wildman–Crippen MR) is 79.8 cm³/mol. The van der Waals surface area contributed by atoms with E-state index in [-0.39, 0.29) is 22.0 Å². The molecule has 2 aromatic rings. The molecule has 102 valence electrons. The zero-order valence-electron chi connectivity index (χ0n) is 10.4. The summed E-state index contributed by atoms with van der Waals surface area (Å²) in [5, 5.41) is 9.70. The number of benzene rings is 2. The van der Waals surface area contributed by atoms with Crippen molar-refractivity contribution in [3.05, 3.63) is 53.6 Å². The highest BCUT2D eigenvalue weighted by atomic mass is 32.1. The van der Waals surface area contributed by atoms with Gasteiger partial charge in [0.15, 0.2) is 5.75 Å². The first-order chi connectivity index (χ1) is 9.49. The quantitative estimate of drug-likeness (QED) is 0.262. The molecule has 2 rings (SSSR count). The fraction of sp³-hybridized carbons (Fsp3) is 0. The van der Waals surface area contributed by atoms with Gasteiger partial charge in [0.25, 0.3) is 0 Å². The lowest BCUT2D eigenvalue weighted by atomic mass is 10.1. The Hall–Kier alpha value is -2.60. The number of carbonyl (C=O) groups is 1. The number of esters is 1. The largest absolute Gasteiger partial charge is 0.505 e. The third kappa shape index (κ3) is 2.86. The molecule has 2 aromatic carbocycles. The molecule has 0 aliphatic heterocycles. The molecule has 0 aliphatic rings. The Morgan fingerprint density at radius 3 is 2.40 bits per heavy atom. The summed E-state index contributed by atoms with van der Waals surface area (Å²) in [4.78, 5) is 12.2. The van der Waals surface area contributed by atoms with Crippen LogP contribution >= 0.6 is 12.2 Å². The molecule has 0 saturated heterocycles.